The van der Waals surface area contributed by atoms with Crippen molar-refractivity contribution in [3.05, 3.63) is 206 Å². The minimum atomic E-state index is 1.15. The Morgan fingerprint density at radius 2 is 0.825 bits per heavy atom. The van der Waals surface area contributed by atoms with E-state index >= 15 is 0 Å². The summed E-state index contributed by atoms with van der Waals surface area (Å²) in [7, 11) is 0. The topological polar surface area (TPSA) is 9.86 Å². The molecule has 0 saturated carbocycles. The van der Waals surface area contributed by atoms with Crippen LogP contribution in [0.25, 0.3) is 109 Å². The Labute approximate surface area is 333 Å². The van der Waals surface area contributed by atoms with Gasteiger partial charge < -0.3 is 9.13 Å². The van der Waals surface area contributed by atoms with Crippen LogP contribution >= 0.6 is 11.3 Å². The Bertz CT molecular complexity index is 3490. The fraction of sp³-hybridized carbons (Fsp3) is 0. The molecule has 0 spiro atoms. The van der Waals surface area contributed by atoms with Gasteiger partial charge in [-0.05, 0) is 88.0 Å². The molecule has 3 heteroatoms. The smallest absolute Gasteiger partial charge is 0.0547 e. The molecular weight excluding hydrogens is 709 g/mol. The summed E-state index contributed by atoms with van der Waals surface area (Å²) >= 11 is 1.88. The van der Waals surface area contributed by atoms with Gasteiger partial charge in [0.25, 0.3) is 0 Å². The highest BCUT2D eigenvalue weighted by molar-refractivity contribution is 7.26. The fourth-order valence-corrected chi connectivity index (χ4v) is 10.4. The molecule has 3 heterocycles. The minimum Gasteiger partial charge on any atom is -0.309 e. The fourth-order valence-electron chi connectivity index (χ4n) is 9.15. The number of nitrogens with zero attached hydrogens (tertiary/aromatic N) is 2. The van der Waals surface area contributed by atoms with Gasteiger partial charge in [-0.3, -0.25) is 0 Å². The molecule has 0 radical (unpaired) electrons. The second-order valence-corrected chi connectivity index (χ2v) is 15.9. The molecule has 12 rings (SSSR count). The Balaban J connectivity index is 0.946. The predicted molar refractivity (Wildman–Crippen MR) is 244 cm³/mol. The molecule has 12 aromatic rings. The highest BCUT2D eigenvalue weighted by Crippen LogP contribution is 2.42. The molecule has 0 unspecified atom stereocenters. The van der Waals surface area contributed by atoms with Crippen molar-refractivity contribution in [2.24, 2.45) is 0 Å². The summed E-state index contributed by atoms with van der Waals surface area (Å²) < 4.78 is 7.51. The maximum absolute atomic E-state index is 2.42. The first-order valence-corrected chi connectivity index (χ1v) is 20.3. The minimum absolute atomic E-state index is 1.15. The van der Waals surface area contributed by atoms with Gasteiger partial charge in [0, 0.05) is 53.1 Å². The van der Waals surface area contributed by atoms with Crippen LogP contribution in [0.4, 0.5) is 0 Å². The van der Waals surface area contributed by atoms with E-state index < -0.39 is 0 Å². The first-order chi connectivity index (χ1) is 28.3. The van der Waals surface area contributed by atoms with Crippen LogP contribution in [0.2, 0.25) is 0 Å². The van der Waals surface area contributed by atoms with Crippen LogP contribution in [-0.2, 0) is 0 Å². The van der Waals surface area contributed by atoms with Crippen molar-refractivity contribution in [1.82, 2.24) is 9.13 Å². The molecule has 266 valence electrons. The van der Waals surface area contributed by atoms with Crippen molar-refractivity contribution >= 4 is 75.1 Å². The summed E-state index contributed by atoms with van der Waals surface area (Å²) in [5, 5.41) is 7.71. The van der Waals surface area contributed by atoms with E-state index in [0.29, 0.717) is 0 Å². The second kappa shape index (κ2) is 12.7. The van der Waals surface area contributed by atoms with Crippen LogP contribution in [0.15, 0.2) is 206 Å². The van der Waals surface area contributed by atoms with E-state index in [1.165, 1.54) is 103 Å². The van der Waals surface area contributed by atoms with E-state index in [9.17, 15) is 0 Å². The van der Waals surface area contributed by atoms with E-state index in [0.717, 1.165) is 5.69 Å². The molecule has 0 saturated heterocycles. The number of rotatable bonds is 5. The van der Waals surface area contributed by atoms with Gasteiger partial charge >= 0.3 is 0 Å². The lowest BCUT2D eigenvalue weighted by Crippen LogP contribution is -1.94. The number of para-hydroxylation sites is 3. The summed E-state index contributed by atoms with van der Waals surface area (Å²) in [6.07, 6.45) is 0. The summed E-state index contributed by atoms with van der Waals surface area (Å²) in [5.74, 6) is 0. The number of hydrogen-bond acceptors (Lipinski definition) is 1. The highest BCUT2D eigenvalue weighted by atomic mass is 32.1. The van der Waals surface area contributed by atoms with Crippen molar-refractivity contribution in [2.45, 2.75) is 0 Å². The molecule has 2 nitrogen and oxygen atoms in total. The lowest BCUT2D eigenvalue weighted by Gasteiger charge is -2.11. The zero-order valence-electron chi connectivity index (χ0n) is 30.9. The third kappa shape index (κ3) is 4.96. The molecule has 0 aliphatic heterocycles. The van der Waals surface area contributed by atoms with Gasteiger partial charge in [-0.1, -0.05) is 152 Å². The molecule has 0 amide bonds. The van der Waals surface area contributed by atoms with Crippen LogP contribution in [0.3, 0.4) is 0 Å². The molecule has 0 fully saturated rings. The zero-order valence-corrected chi connectivity index (χ0v) is 31.7. The van der Waals surface area contributed by atoms with Crippen LogP contribution in [-0.4, -0.2) is 9.13 Å². The van der Waals surface area contributed by atoms with E-state index in [4.69, 9.17) is 0 Å². The van der Waals surface area contributed by atoms with Gasteiger partial charge in [0.05, 0.1) is 22.1 Å². The summed E-state index contributed by atoms with van der Waals surface area (Å²) in [4.78, 5) is 0. The van der Waals surface area contributed by atoms with Crippen LogP contribution in [0, 0.1) is 0 Å². The number of hydrogen-bond donors (Lipinski definition) is 0. The molecule has 3 aromatic heterocycles. The molecular formula is C54H34N2S. The zero-order chi connectivity index (χ0) is 37.5. The Morgan fingerprint density at radius 1 is 0.298 bits per heavy atom. The maximum Gasteiger partial charge on any atom is 0.0547 e. The van der Waals surface area contributed by atoms with Crippen LogP contribution < -0.4 is 0 Å². The van der Waals surface area contributed by atoms with Crippen LogP contribution in [0.5, 0.6) is 0 Å². The maximum atomic E-state index is 2.42. The number of fused-ring (bicyclic) bond motifs is 9. The summed E-state index contributed by atoms with van der Waals surface area (Å²) in [6, 6.07) is 75.5. The van der Waals surface area contributed by atoms with E-state index in [1.807, 2.05) is 11.3 Å². The standard InChI is InChI=1S/C54H34N2S/c1-2-12-39(13-3-1)56-48-20-7-4-14-43(48)44-33-30-38(34-51(44)56)41-17-11-22-50-53(41)47-16-5-8-21-49(47)55(50)40-31-28-36(29-32-40)35-24-26-37(27-25-35)42-18-10-19-46-45-15-6-9-23-52(45)57-54(42)46/h1-34H. The van der Waals surface area contributed by atoms with Crippen LogP contribution in [0.1, 0.15) is 0 Å². The molecule has 0 bridgehead atoms. The van der Waals surface area contributed by atoms with E-state index in [1.54, 1.807) is 0 Å². The van der Waals surface area contributed by atoms with Gasteiger partial charge in [-0.15, -0.1) is 11.3 Å². The third-order valence-corrected chi connectivity index (χ3v) is 13.0. The average molecular weight is 743 g/mol. The summed E-state index contributed by atoms with van der Waals surface area (Å²) in [5.41, 5.74) is 14.5. The number of thiophene rings is 1. The van der Waals surface area contributed by atoms with Crippen molar-refractivity contribution in [1.29, 1.82) is 0 Å². The van der Waals surface area contributed by atoms with E-state index in [-0.39, 0.29) is 0 Å². The first kappa shape index (κ1) is 32.1. The van der Waals surface area contributed by atoms with Crippen molar-refractivity contribution in [2.75, 3.05) is 0 Å². The van der Waals surface area contributed by atoms with Gasteiger partial charge in [-0.2, -0.15) is 0 Å². The van der Waals surface area contributed by atoms with Crippen molar-refractivity contribution < 1.29 is 0 Å². The predicted octanol–water partition coefficient (Wildman–Crippen LogP) is 15.2. The molecule has 9 aromatic carbocycles. The highest BCUT2D eigenvalue weighted by Gasteiger charge is 2.18. The normalized spacial score (nSPS) is 11.9. The molecule has 0 N–H and O–H groups in total. The van der Waals surface area contributed by atoms with Gasteiger partial charge in [0.2, 0.25) is 0 Å². The first-order valence-electron chi connectivity index (χ1n) is 19.5. The monoisotopic (exact) mass is 742 g/mol. The SMILES string of the molecule is c1ccc(-n2c3ccccc3c3ccc(-c4cccc5c4c4ccccc4n5-c4ccc(-c5ccc(-c6cccc7c6sc6ccccc67)cc5)cc4)cc32)cc1. The Morgan fingerprint density at radius 3 is 1.63 bits per heavy atom. The largest absolute Gasteiger partial charge is 0.309 e. The lowest BCUT2D eigenvalue weighted by atomic mass is 9.98. The lowest BCUT2D eigenvalue weighted by molar-refractivity contribution is 1.18. The van der Waals surface area contributed by atoms with Crippen molar-refractivity contribution in [3.63, 3.8) is 0 Å². The van der Waals surface area contributed by atoms with Gasteiger partial charge in [-0.25, -0.2) is 0 Å². The average Bonchev–Trinajstić information content (AvgIpc) is 3.94. The Kier molecular flexibility index (Phi) is 7.13. The number of aromatic nitrogens is 2. The Hall–Kier alpha value is -7.20. The summed E-state index contributed by atoms with van der Waals surface area (Å²) in [6.45, 7) is 0. The second-order valence-electron chi connectivity index (χ2n) is 14.9. The third-order valence-electron chi connectivity index (χ3n) is 11.8. The van der Waals surface area contributed by atoms with Crippen molar-refractivity contribution in [3.8, 4) is 44.8 Å². The number of benzene rings is 9. The quantitative estimate of drug-likeness (QED) is 0.166. The molecule has 0 aliphatic carbocycles. The molecule has 0 aliphatic rings. The molecule has 57 heavy (non-hydrogen) atoms. The van der Waals surface area contributed by atoms with E-state index in [2.05, 4.69) is 215 Å². The van der Waals surface area contributed by atoms with Gasteiger partial charge in [0.15, 0.2) is 0 Å². The molecule has 0 atom stereocenters. The van der Waals surface area contributed by atoms with Gasteiger partial charge in [0.1, 0.15) is 0 Å².